The van der Waals surface area contributed by atoms with Crippen LogP contribution in [-0.2, 0) is 0 Å². The minimum Gasteiger partial charge on any atom is -0.454 e. The Bertz CT molecular complexity index is 1270. The highest BCUT2D eigenvalue weighted by molar-refractivity contribution is 6.14. The molecule has 3 aromatic carbocycles. The Morgan fingerprint density at radius 1 is 0.667 bits per heavy atom. The van der Waals surface area contributed by atoms with Crippen LogP contribution >= 0.6 is 0 Å². The fourth-order valence-electron chi connectivity index (χ4n) is 4.36. The van der Waals surface area contributed by atoms with Crippen molar-refractivity contribution in [3.05, 3.63) is 78.6 Å². The van der Waals surface area contributed by atoms with Crippen LogP contribution in [0.3, 0.4) is 0 Å². The molecular formula is C25H17NO. The smallest absolute Gasteiger partial charge is 0.161 e. The first-order valence-electron chi connectivity index (χ1n) is 9.39. The Kier molecular flexibility index (Phi) is 3.03. The molecule has 1 aliphatic carbocycles. The highest BCUT2D eigenvalue weighted by Gasteiger charge is 2.27. The van der Waals surface area contributed by atoms with E-state index in [4.69, 9.17) is 4.42 Å². The van der Waals surface area contributed by atoms with Crippen LogP contribution in [0.5, 0.6) is 0 Å². The van der Waals surface area contributed by atoms with E-state index in [1.165, 1.54) is 33.2 Å². The molecule has 0 saturated carbocycles. The Morgan fingerprint density at radius 3 is 2.07 bits per heavy atom. The molecule has 1 aromatic heterocycles. The summed E-state index contributed by atoms with van der Waals surface area (Å²) in [6, 6.07) is 23.6. The highest BCUT2D eigenvalue weighted by atomic mass is 16.3. The van der Waals surface area contributed by atoms with Crippen molar-refractivity contribution in [1.82, 2.24) is 0 Å². The first-order valence-corrected chi connectivity index (χ1v) is 9.39. The number of fused-ring (bicyclic) bond motifs is 5. The summed E-state index contributed by atoms with van der Waals surface area (Å²) in [5, 5.41) is 1.19. The van der Waals surface area contributed by atoms with Crippen LogP contribution in [0.4, 0.5) is 0 Å². The summed E-state index contributed by atoms with van der Waals surface area (Å²) < 4.78 is 6.40. The summed E-state index contributed by atoms with van der Waals surface area (Å²) in [6.45, 7) is 0. The lowest BCUT2D eigenvalue weighted by Gasteiger charge is -2.11. The van der Waals surface area contributed by atoms with Crippen LogP contribution in [0, 0.1) is 0 Å². The third kappa shape index (κ3) is 2.04. The van der Waals surface area contributed by atoms with E-state index >= 15 is 0 Å². The Morgan fingerprint density at radius 2 is 1.33 bits per heavy atom. The molecule has 2 aliphatic rings. The number of aliphatic imine (C=N–C) groups is 1. The third-order valence-electron chi connectivity index (χ3n) is 5.52. The number of rotatable bonds is 1. The second-order valence-electron chi connectivity index (χ2n) is 7.05. The second kappa shape index (κ2) is 5.55. The van der Waals surface area contributed by atoms with Crippen LogP contribution < -0.4 is 0 Å². The Labute approximate surface area is 157 Å². The molecule has 0 unspecified atom stereocenters. The van der Waals surface area contributed by atoms with Crippen LogP contribution in [0.15, 0.2) is 82.2 Å². The predicted octanol–water partition coefficient (Wildman–Crippen LogP) is 6.95. The standard InChI is InChI=1S/C25H17NO/c1-2-9-17-16(8-1)18-10-3-4-11-20(18)24-23-19(17)12-7-14-22(23)27-25(24)21-13-5-6-15-26-21/h1-4,7-15H,5-6H2. The molecule has 27 heavy (non-hydrogen) atoms. The van der Waals surface area contributed by atoms with Gasteiger partial charge in [-0.25, -0.2) is 0 Å². The molecule has 4 aromatic rings. The van der Waals surface area contributed by atoms with Gasteiger partial charge in [-0.15, -0.1) is 0 Å². The minimum atomic E-state index is 0.883. The lowest BCUT2D eigenvalue weighted by Crippen LogP contribution is -1.91. The van der Waals surface area contributed by atoms with E-state index in [1.807, 2.05) is 6.21 Å². The number of allylic oxidation sites excluding steroid dienone is 1. The molecular weight excluding hydrogens is 330 g/mol. The normalized spacial score (nSPS) is 14.4. The summed E-state index contributed by atoms with van der Waals surface area (Å²) in [5.74, 6) is 0.883. The second-order valence-corrected chi connectivity index (χ2v) is 7.05. The molecule has 0 saturated heterocycles. The average Bonchev–Trinajstić information content (AvgIpc) is 3.08. The maximum Gasteiger partial charge on any atom is 0.161 e. The number of hydrogen-bond donors (Lipinski definition) is 0. The first-order chi connectivity index (χ1) is 13.4. The number of furan rings is 1. The molecule has 6 rings (SSSR count). The molecule has 0 fully saturated rings. The van der Waals surface area contributed by atoms with Crippen molar-refractivity contribution in [3.8, 4) is 33.4 Å². The average molecular weight is 347 g/mol. The zero-order valence-electron chi connectivity index (χ0n) is 14.8. The van der Waals surface area contributed by atoms with Gasteiger partial charge in [-0.3, -0.25) is 4.99 Å². The summed E-state index contributed by atoms with van der Waals surface area (Å²) >= 11 is 0. The van der Waals surface area contributed by atoms with Crippen LogP contribution in [0.25, 0.3) is 50.0 Å². The van der Waals surface area contributed by atoms with Crippen molar-refractivity contribution in [2.24, 2.45) is 4.99 Å². The molecule has 0 amide bonds. The summed E-state index contributed by atoms with van der Waals surface area (Å²) in [4.78, 5) is 4.65. The fourth-order valence-corrected chi connectivity index (χ4v) is 4.36. The fraction of sp³-hybridized carbons (Fsp3) is 0.0800. The van der Waals surface area contributed by atoms with Gasteiger partial charge in [0.2, 0.25) is 0 Å². The van der Waals surface area contributed by atoms with E-state index in [0.717, 1.165) is 35.4 Å². The zero-order valence-corrected chi connectivity index (χ0v) is 14.8. The molecule has 0 atom stereocenters. The Hall–Kier alpha value is -3.39. The highest BCUT2D eigenvalue weighted by Crippen LogP contribution is 2.51. The molecule has 2 heterocycles. The Balaban J connectivity index is 1.83. The van der Waals surface area contributed by atoms with Gasteiger partial charge in [0.1, 0.15) is 11.3 Å². The van der Waals surface area contributed by atoms with Crippen molar-refractivity contribution >= 4 is 22.9 Å². The van der Waals surface area contributed by atoms with E-state index in [2.05, 4.69) is 77.8 Å². The van der Waals surface area contributed by atoms with Crippen LogP contribution in [-0.4, -0.2) is 6.21 Å². The monoisotopic (exact) mass is 347 g/mol. The van der Waals surface area contributed by atoms with Crippen molar-refractivity contribution in [3.63, 3.8) is 0 Å². The van der Waals surface area contributed by atoms with Crippen molar-refractivity contribution < 1.29 is 4.42 Å². The topological polar surface area (TPSA) is 25.5 Å². The van der Waals surface area contributed by atoms with Gasteiger partial charge in [-0.1, -0.05) is 66.7 Å². The van der Waals surface area contributed by atoms with Gasteiger partial charge in [0.25, 0.3) is 0 Å². The molecule has 2 nitrogen and oxygen atoms in total. The SMILES string of the molecule is C1=NC(c2oc3cccc4c3c2-c2ccccc2-c2ccccc2-4)=CCC1. The number of nitrogens with zero attached hydrogens (tertiary/aromatic N) is 1. The maximum atomic E-state index is 6.40. The summed E-state index contributed by atoms with van der Waals surface area (Å²) in [5.41, 5.74) is 9.23. The molecule has 0 spiro atoms. The van der Waals surface area contributed by atoms with Gasteiger partial charge in [-0.2, -0.15) is 0 Å². The van der Waals surface area contributed by atoms with Crippen LogP contribution in [0.1, 0.15) is 18.6 Å². The van der Waals surface area contributed by atoms with Gasteiger partial charge >= 0.3 is 0 Å². The molecule has 1 aliphatic heterocycles. The van der Waals surface area contributed by atoms with Gasteiger partial charge < -0.3 is 4.42 Å². The quantitative estimate of drug-likeness (QED) is 0.322. The predicted molar refractivity (Wildman–Crippen MR) is 112 cm³/mol. The van der Waals surface area contributed by atoms with Crippen molar-refractivity contribution in [2.45, 2.75) is 12.8 Å². The van der Waals surface area contributed by atoms with E-state index < -0.39 is 0 Å². The van der Waals surface area contributed by atoms with E-state index in [1.54, 1.807) is 0 Å². The van der Waals surface area contributed by atoms with Crippen LogP contribution in [0.2, 0.25) is 0 Å². The van der Waals surface area contributed by atoms with Gasteiger partial charge in [0.05, 0.1) is 0 Å². The van der Waals surface area contributed by atoms with Crippen molar-refractivity contribution in [2.75, 3.05) is 0 Å². The van der Waals surface area contributed by atoms with Gasteiger partial charge in [0, 0.05) is 17.2 Å². The largest absolute Gasteiger partial charge is 0.454 e. The number of benzene rings is 3. The van der Waals surface area contributed by atoms with Crippen molar-refractivity contribution in [1.29, 1.82) is 0 Å². The lowest BCUT2D eigenvalue weighted by molar-refractivity contribution is 0.599. The zero-order chi connectivity index (χ0) is 17.8. The van der Waals surface area contributed by atoms with Gasteiger partial charge in [-0.05, 0) is 46.7 Å². The van der Waals surface area contributed by atoms with E-state index in [0.29, 0.717) is 0 Å². The van der Waals surface area contributed by atoms with Gasteiger partial charge in [0.15, 0.2) is 5.76 Å². The minimum absolute atomic E-state index is 0.883. The molecule has 2 heteroatoms. The molecule has 128 valence electrons. The molecule has 0 N–H and O–H groups in total. The molecule has 0 bridgehead atoms. The van der Waals surface area contributed by atoms with E-state index in [-0.39, 0.29) is 0 Å². The molecule has 0 radical (unpaired) electrons. The number of hydrogen-bond acceptors (Lipinski definition) is 2. The lowest BCUT2D eigenvalue weighted by atomic mass is 9.93. The third-order valence-corrected chi connectivity index (χ3v) is 5.52. The first kappa shape index (κ1) is 14.7. The summed E-state index contributed by atoms with van der Waals surface area (Å²) in [7, 11) is 0. The maximum absolute atomic E-state index is 6.40. The summed E-state index contributed by atoms with van der Waals surface area (Å²) in [6.07, 6.45) is 6.18. The van der Waals surface area contributed by atoms with E-state index in [9.17, 15) is 0 Å².